The predicted molar refractivity (Wildman–Crippen MR) is 79.5 cm³/mol. The van der Waals surface area contributed by atoms with Crippen LogP contribution < -0.4 is 5.32 Å². The Bertz CT molecular complexity index is 389. The van der Waals surface area contributed by atoms with Crippen molar-refractivity contribution in [2.75, 3.05) is 19.0 Å². The van der Waals surface area contributed by atoms with E-state index in [4.69, 9.17) is 9.72 Å². The normalized spacial score (nSPS) is 11.6. The maximum atomic E-state index is 5.99. The van der Waals surface area contributed by atoms with Crippen molar-refractivity contribution in [3.05, 3.63) is 17.6 Å². The molecule has 0 aliphatic carbocycles. The van der Waals surface area contributed by atoms with Gasteiger partial charge in [0.1, 0.15) is 11.4 Å². The van der Waals surface area contributed by atoms with E-state index in [1.807, 2.05) is 20.0 Å². The molecule has 0 saturated heterocycles. The van der Waals surface area contributed by atoms with Gasteiger partial charge in [0, 0.05) is 25.4 Å². The van der Waals surface area contributed by atoms with Crippen LogP contribution in [0.4, 0.5) is 5.82 Å². The van der Waals surface area contributed by atoms with Crippen molar-refractivity contribution >= 4 is 5.82 Å². The van der Waals surface area contributed by atoms with Crippen molar-refractivity contribution in [1.82, 2.24) is 9.97 Å². The Kier molecular flexibility index (Phi) is 6.22. The topological polar surface area (TPSA) is 47.0 Å². The zero-order valence-electron chi connectivity index (χ0n) is 12.9. The highest BCUT2D eigenvalue weighted by Gasteiger charge is 2.32. The Morgan fingerprint density at radius 3 is 2.32 bits per heavy atom. The first kappa shape index (κ1) is 15.9. The quantitative estimate of drug-likeness (QED) is 0.781. The summed E-state index contributed by atoms with van der Waals surface area (Å²) in [5.41, 5.74) is 0.729. The van der Waals surface area contributed by atoms with Gasteiger partial charge in [0.2, 0.25) is 0 Å². The monoisotopic (exact) mass is 265 g/mol. The molecule has 0 bridgehead atoms. The van der Waals surface area contributed by atoms with Gasteiger partial charge in [-0.05, 0) is 26.2 Å². The van der Waals surface area contributed by atoms with Crippen LogP contribution in [0.5, 0.6) is 0 Å². The first-order valence-corrected chi connectivity index (χ1v) is 7.35. The van der Waals surface area contributed by atoms with Gasteiger partial charge in [0.05, 0.1) is 0 Å². The minimum atomic E-state index is -0.357. The van der Waals surface area contributed by atoms with Crippen LogP contribution in [-0.2, 0) is 16.8 Å². The number of nitrogens with zero attached hydrogens (tertiary/aromatic N) is 2. The van der Waals surface area contributed by atoms with Gasteiger partial charge in [-0.1, -0.05) is 27.2 Å². The molecule has 0 aliphatic rings. The van der Waals surface area contributed by atoms with Crippen molar-refractivity contribution in [2.24, 2.45) is 0 Å². The summed E-state index contributed by atoms with van der Waals surface area (Å²) in [5, 5.41) is 3.12. The van der Waals surface area contributed by atoms with Gasteiger partial charge in [-0.3, -0.25) is 0 Å². The fraction of sp³-hybridized carbons (Fsp3) is 0.733. The van der Waals surface area contributed by atoms with Crippen molar-refractivity contribution in [2.45, 2.75) is 59.0 Å². The van der Waals surface area contributed by atoms with Gasteiger partial charge in [-0.15, -0.1) is 0 Å². The van der Waals surface area contributed by atoms with Crippen LogP contribution in [0.15, 0.2) is 6.07 Å². The Labute approximate surface area is 117 Å². The SMILES string of the molecule is CCCc1cc(NC)nc(C(CC)(CC)OCC)n1. The van der Waals surface area contributed by atoms with Crippen molar-refractivity contribution in [3.63, 3.8) is 0 Å². The van der Waals surface area contributed by atoms with E-state index >= 15 is 0 Å². The van der Waals surface area contributed by atoms with Crippen molar-refractivity contribution in [3.8, 4) is 0 Å². The largest absolute Gasteiger partial charge is 0.373 e. The lowest BCUT2D eigenvalue weighted by Crippen LogP contribution is -2.31. The van der Waals surface area contributed by atoms with Crippen LogP contribution in [0.1, 0.15) is 58.5 Å². The fourth-order valence-corrected chi connectivity index (χ4v) is 2.32. The van der Waals surface area contributed by atoms with Gasteiger partial charge in [-0.2, -0.15) is 0 Å². The van der Waals surface area contributed by atoms with Crippen LogP contribution in [0.3, 0.4) is 0 Å². The molecule has 4 nitrogen and oxygen atoms in total. The van der Waals surface area contributed by atoms with Crippen molar-refractivity contribution in [1.29, 1.82) is 0 Å². The molecule has 0 aromatic carbocycles. The summed E-state index contributed by atoms with van der Waals surface area (Å²) < 4.78 is 5.99. The summed E-state index contributed by atoms with van der Waals surface area (Å²) in [4.78, 5) is 9.35. The van der Waals surface area contributed by atoms with Crippen LogP contribution in [0.2, 0.25) is 0 Å². The fourth-order valence-electron chi connectivity index (χ4n) is 2.32. The third-order valence-corrected chi connectivity index (χ3v) is 3.51. The second-order valence-corrected chi connectivity index (χ2v) is 4.70. The van der Waals surface area contributed by atoms with E-state index in [0.29, 0.717) is 6.61 Å². The number of anilines is 1. The van der Waals surface area contributed by atoms with E-state index in [-0.39, 0.29) is 5.60 Å². The number of rotatable bonds is 8. The van der Waals surface area contributed by atoms with Crippen LogP contribution >= 0.6 is 0 Å². The summed E-state index contributed by atoms with van der Waals surface area (Å²) >= 11 is 0. The Balaban J connectivity index is 3.24. The smallest absolute Gasteiger partial charge is 0.162 e. The number of aryl methyl sites for hydroxylation is 1. The highest BCUT2D eigenvalue weighted by atomic mass is 16.5. The average molecular weight is 265 g/mol. The molecule has 1 aromatic heterocycles. The molecule has 4 heteroatoms. The Morgan fingerprint density at radius 2 is 1.84 bits per heavy atom. The number of nitrogens with one attached hydrogen (secondary N) is 1. The van der Waals surface area contributed by atoms with E-state index in [1.165, 1.54) is 0 Å². The van der Waals surface area contributed by atoms with E-state index in [2.05, 4.69) is 31.1 Å². The van der Waals surface area contributed by atoms with Crippen molar-refractivity contribution < 1.29 is 4.74 Å². The number of hydrogen-bond acceptors (Lipinski definition) is 4. The zero-order valence-corrected chi connectivity index (χ0v) is 12.9. The summed E-state index contributed by atoms with van der Waals surface area (Å²) in [6.07, 6.45) is 3.82. The minimum absolute atomic E-state index is 0.357. The molecule has 0 atom stereocenters. The lowest BCUT2D eigenvalue weighted by molar-refractivity contribution is -0.0572. The summed E-state index contributed by atoms with van der Waals surface area (Å²) in [5.74, 6) is 1.69. The number of aromatic nitrogens is 2. The molecular weight excluding hydrogens is 238 g/mol. The lowest BCUT2D eigenvalue weighted by atomic mass is 9.95. The number of ether oxygens (including phenoxy) is 1. The Hall–Kier alpha value is -1.16. The average Bonchev–Trinajstić information content (AvgIpc) is 2.45. The van der Waals surface area contributed by atoms with E-state index in [9.17, 15) is 0 Å². The zero-order chi connectivity index (χ0) is 14.3. The van der Waals surface area contributed by atoms with Crippen LogP contribution in [0.25, 0.3) is 0 Å². The summed E-state index contributed by atoms with van der Waals surface area (Å²) in [6.45, 7) is 9.13. The Morgan fingerprint density at radius 1 is 1.16 bits per heavy atom. The first-order chi connectivity index (χ1) is 9.15. The second-order valence-electron chi connectivity index (χ2n) is 4.70. The van der Waals surface area contributed by atoms with Gasteiger partial charge >= 0.3 is 0 Å². The van der Waals surface area contributed by atoms with Gasteiger partial charge in [0.15, 0.2) is 5.82 Å². The maximum absolute atomic E-state index is 5.99. The molecule has 0 aliphatic heterocycles. The molecule has 0 fully saturated rings. The third kappa shape index (κ3) is 3.66. The highest BCUT2D eigenvalue weighted by molar-refractivity contribution is 5.36. The molecule has 0 spiro atoms. The molecule has 1 rings (SSSR count). The molecule has 0 radical (unpaired) electrons. The van der Waals surface area contributed by atoms with Gasteiger partial charge in [-0.25, -0.2) is 9.97 Å². The molecule has 19 heavy (non-hydrogen) atoms. The molecule has 1 N–H and O–H groups in total. The summed E-state index contributed by atoms with van der Waals surface area (Å²) in [6, 6.07) is 2.02. The molecule has 1 heterocycles. The first-order valence-electron chi connectivity index (χ1n) is 7.35. The molecule has 1 aromatic rings. The second kappa shape index (κ2) is 7.43. The van der Waals surface area contributed by atoms with Gasteiger partial charge in [0.25, 0.3) is 0 Å². The van der Waals surface area contributed by atoms with Gasteiger partial charge < -0.3 is 10.1 Å². The van der Waals surface area contributed by atoms with E-state index < -0.39 is 0 Å². The summed E-state index contributed by atoms with van der Waals surface area (Å²) in [7, 11) is 1.89. The lowest BCUT2D eigenvalue weighted by Gasteiger charge is -2.30. The standard InChI is InChI=1S/C15H27N3O/c1-6-10-12-11-13(16-5)18-14(17-12)15(7-2,8-3)19-9-4/h11H,6-10H2,1-5H3,(H,16,17,18). The highest BCUT2D eigenvalue weighted by Crippen LogP contribution is 2.31. The predicted octanol–water partition coefficient (Wildman–Crippen LogP) is 3.52. The molecular formula is C15H27N3O. The number of hydrogen-bond donors (Lipinski definition) is 1. The molecule has 0 unspecified atom stereocenters. The van der Waals surface area contributed by atoms with E-state index in [1.54, 1.807) is 0 Å². The molecule has 0 saturated carbocycles. The van der Waals surface area contributed by atoms with Crippen LogP contribution in [0, 0.1) is 0 Å². The minimum Gasteiger partial charge on any atom is -0.373 e. The van der Waals surface area contributed by atoms with E-state index in [0.717, 1.165) is 43.0 Å². The molecule has 0 amide bonds. The molecule has 108 valence electrons. The van der Waals surface area contributed by atoms with Crippen LogP contribution in [-0.4, -0.2) is 23.6 Å². The maximum Gasteiger partial charge on any atom is 0.162 e. The third-order valence-electron chi connectivity index (χ3n) is 3.51.